The van der Waals surface area contributed by atoms with Crippen LogP contribution in [0.2, 0.25) is 0 Å². The second kappa shape index (κ2) is 7.88. The normalized spacial score (nSPS) is 22.7. The van der Waals surface area contributed by atoms with Gasteiger partial charge >= 0.3 is 0 Å². The number of nitrogens with zero attached hydrogens (tertiary/aromatic N) is 2. The Balaban J connectivity index is 1.52. The zero-order valence-corrected chi connectivity index (χ0v) is 14.6. The van der Waals surface area contributed by atoms with Crippen molar-refractivity contribution in [3.63, 3.8) is 0 Å². The van der Waals surface area contributed by atoms with Gasteiger partial charge in [0.25, 0.3) is 0 Å². The Labute approximate surface area is 143 Å². The molecule has 0 saturated heterocycles. The molecular formula is C18H26N4S. The van der Waals surface area contributed by atoms with Crippen molar-refractivity contribution in [2.24, 2.45) is 10.7 Å². The lowest BCUT2D eigenvalue weighted by Crippen LogP contribution is -2.35. The van der Waals surface area contributed by atoms with Gasteiger partial charge in [-0.15, -0.1) is 11.8 Å². The Bertz CT molecular complexity index is 584. The highest BCUT2D eigenvalue weighted by atomic mass is 32.2. The number of hydrogen-bond acceptors (Lipinski definition) is 5. The molecule has 1 aromatic carbocycles. The molecule has 0 aromatic heterocycles. The van der Waals surface area contributed by atoms with Gasteiger partial charge in [-0.25, -0.2) is 0 Å². The van der Waals surface area contributed by atoms with Crippen LogP contribution in [0.3, 0.4) is 0 Å². The summed E-state index contributed by atoms with van der Waals surface area (Å²) in [5, 5.41) is 4.03. The summed E-state index contributed by atoms with van der Waals surface area (Å²) < 4.78 is 0. The molecule has 2 unspecified atom stereocenters. The number of hydrogen-bond donors (Lipinski definition) is 2. The first-order valence-corrected chi connectivity index (χ1v) is 9.36. The topological polar surface area (TPSA) is 53.6 Å². The molecule has 0 aliphatic carbocycles. The number of unbranched alkanes of at least 4 members (excludes halogenated alkanes) is 3. The van der Waals surface area contributed by atoms with Gasteiger partial charge < -0.3 is 16.0 Å². The first-order chi connectivity index (χ1) is 11.3. The van der Waals surface area contributed by atoms with Crippen LogP contribution in [0.5, 0.6) is 0 Å². The molecule has 3 rings (SSSR count). The van der Waals surface area contributed by atoms with E-state index >= 15 is 0 Å². The fraction of sp³-hybridized carbons (Fsp3) is 0.500. The molecule has 3 N–H and O–H groups in total. The van der Waals surface area contributed by atoms with E-state index < -0.39 is 0 Å². The second-order valence-corrected chi connectivity index (χ2v) is 7.41. The number of likely N-dealkylation sites (N-methyl/N-ethyl adjacent to an activating group) is 1. The Morgan fingerprint density at radius 2 is 2.04 bits per heavy atom. The number of rotatable bonds is 7. The quantitative estimate of drug-likeness (QED) is 0.750. The molecule has 5 heteroatoms. The van der Waals surface area contributed by atoms with Crippen molar-refractivity contribution in [2.45, 2.75) is 43.5 Å². The highest BCUT2D eigenvalue weighted by Gasteiger charge is 2.28. The smallest absolute Gasteiger partial charge is 0.0968 e. The van der Waals surface area contributed by atoms with Crippen LogP contribution >= 0.6 is 11.8 Å². The maximum Gasteiger partial charge on any atom is 0.0968 e. The second-order valence-electron chi connectivity index (χ2n) is 6.13. The van der Waals surface area contributed by atoms with Crippen LogP contribution in [0.4, 0.5) is 11.4 Å². The maximum atomic E-state index is 5.54. The molecule has 2 atom stereocenters. The lowest BCUT2D eigenvalue weighted by Gasteiger charge is -2.31. The molecule has 1 aromatic rings. The number of thioether (sulfide) groups is 1. The summed E-state index contributed by atoms with van der Waals surface area (Å²) in [6.07, 6.45) is 10.4. The Morgan fingerprint density at radius 1 is 1.22 bits per heavy atom. The van der Waals surface area contributed by atoms with Crippen molar-refractivity contribution < 1.29 is 0 Å². The molecule has 0 fully saturated rings. The van der Waals surface area contributed by atoms with Crippen LogP contribution in [-0.2, 0) is 0 Å². The third-order valence-electron chi connectivity index (χ3n) is 4.44. The molecule has 0 saturated carbocycles. The lowest BCUT2D eigenvalue weighted by molar-refractivity contribution is 0.592. The fourth-order valence-electron chi connectivity index (χ4n) is 3.07. The molecule has 0 spiro atoms. The first kappa shape index (κ1) is 16.4. The van der Waals surface area contributed by atoms with Gasteiger partial charge in [-0.1, -0.05) is 31.4 Å². The van der Waals surface area contributed by atoms with Crippen LogP contribution in [0.25, 0.3) is 0 Å². The van der Waals surface area contributed by atoms with Gasteiger partial charge in [-0.2, -0.15) is 0 Å². The summed E-state index contributed by atoms with van der Waals surface area (Å²) in [4.78, 5) is 8.30. The zero-order valence-electron chi connectivity index (χ0n) is 13.7. The average molecular weight is 331 g/mol. The Kier molecular flexibility index (Phi) is 5.62. The summed E-state index contributed by atoms with van der Waals surface area (Å²) in [6, 6.07) is 8.56. The highest BCUT2D eigenvalue weighted by molar-refractivity contribution is 8.04. The first-order valence-electron chi connectivity index (χ1n) is 8.48. The molecule has 4 nitrogen and oxygen atoms in total. The minimum absolute atomic E-state index is 0.240. The molecule has 0 amide bonds. The molecule has 2 aliphatic heterocycles. The average Bonchev–Trinajstić information content (AvgIpc) is 3.04. The van der Waals surface area contributed by atoms with Crippen LogP contribution in [-0.4, -0.2) is 31.2 Å². The van der Waals surface area contributed by atoms with Gasteiger partial charge in [0.15, 0.2) is 0 Å². The standard InChI is InChI=1S/C18H26N4S/c1-22-15-9-6-5-8-14(15)20-12-16(22)17-13-21-18(23-17)10-4-2-3-7-11-19/h5-6,8-9,12-13,16,18,21H,2-4,7,10-11,19H2,1H3. The number of benzene rings is 1. The number of anilines is 1. The van der Waals surface area contributed by atoms with E-state index in [0.29, 0.717) is 5.37 Å². The molecule has 0 bridgehead atoms. The van der Waals surface area contributed by atoms with Crippen LogP contribution in [0.15, 0.2) is 40.4 Å². The van der Waals surface area contributed by atoms with Gasteiger partial charge in [-0.3, -0.25) is 4.99 Å². The largest absolute Gasteiger partial charge is 0.378 e. The highest BCUT2D eigenvalue weighted by Crippen LogP contribution is 2.38. The van der Waals surface area contributed by atoms with E-state index in [0.717, 1.165) is 18.7 Å². The monoisotopic (exact) mass is 330 g/mol. The van der Waals surface area contributed by atoms with Gasteiger partial charge in [0, 0.05) is 24.4 Å². The van der Waals surface area contributed by atoms with E-state index in [9.17, 15) is 0 Å². The number of aliphatic imine (C=N–C) groups is 1. The summed E-state index contributed by atoms with van der Waals surface area (Å²) >= 11 is 1.95. The molecule has 2 heterocycles. The minimum Gasteiger partial charge on any atom is -0.378 e. The van der Waals surface area contributed by atoms with Gasteiger partial charge in [0.05, 0.1) is 22.8 Å². The lowest BCUT2D eigenvalue weighted by atomic mass is 10.1. The van der Waals surface area contributed by atoms with Crippen molar-refractivity contribution in [3.05, 3.63) is 35.4 Å². The van der Waals surface area contributed by atoms with Gasteiger partial charge in [0.1, 0.15) is 0 Å². The van der Waals surface area contributed by atoms with Crippen LogP contribution < -0.4 is 16.0 Å². The van der Waals surface area contributed by atoms with E-state index in [1.807, 2.05) is 17.8 Å². The van der Waals surface area contributed by atoms with Crippen molar-refractivity contribution in [2.75, 3.05) is 18.5 Å². The fourth-order valence-corrected chi connectivity index (χ4v) is 4.31. The SMILES string of the molecule is CN1c2ccccc2N=CC1C1=CNC(CCCCCCN)S1. The third-order valence-corrected chi connectivity index (χ3v) is 5.72. The summed E-state index contributed by atoms with van der Waals surface area (Å²) in [6.45, 7) is 0.816. The van der Waals surface area contributed by atoms with Crippen molar-refractivity contribution in [1.29, 1.82) is 0 Å². The number of para-hydroxylation sites is 2. The van der Waals surface area contributed by atoms with E-state index in [4.69, 9.17) is 5.73 Å². The molecular weight excluding hydrogens is 304 g/mol. The maximum absolute atomic E-state index is 5.54. The van der Waals surface area contributed by atoms with E-state index in [1.165, 1.54) is 36.3 Å². The predicted molar refractivity (Wildman–Crippen MR) is 102 cm³/mol. The number of nitrogens with one attached hydrogen (secondary N) is 1. The predicted octanol–water partition coefficient (Wildman–Crippen LogP) is 3.62. The van der Waals surface area contributed by atoms with Crippen LogP contribution in [0.1, 0.15) is 32.1 Å². The van der Waals surface area contributed by atoms with E-state index in [1.54, 1.807) is 0 Å². The van der Waals surface area contributed by atoms with Crippen molar-refractivity contribution in [1.82, 2.24) is 5.32 Å². The summed E-state index contributed by atoms with van der Waals surface area (Å²) in [5.74, 6) is 0. The third kappa shape index (κ3) is 3.90. The van der Waals surface area contributed by atoms with E-state index in [2.05, 4.69) is 52.9 Å². The van der Waals surface area contributed by atoms with Gasteiger partial charge in [0.2, 0.25) is 0 Å². The van der Waals surface area contributed by atoms with Crippen molar-refractivity contribution in [3.8, 4) is 0 Å². The van der Waals surface area contributed by atoms with Crippen LogP contribution in [0, 0.1) is 0 Å². The number of nitrogens with two attached hydrogens (primary N) is 1. The Morgan fingerprint density at radius 3 is 2.91 bits per heavy atom. The summed E-state index contributed by atoms with van der Waals surface area (Å²) in [7, 11) is 2.15. The Hall–Kier alpha value is -1.46. The molecule has 124 valence electrons. The molecule has 23 heavy (non-hydrogen) atoms. The van der Waals surface area contributed by atoms with E-state index in [-0.39, 0.29) is 6.04 Å². The summed E-state index contributed by atoms with van der Waals surface area (Å²) in [5.41, 5.74) is 7.79. The van der Waals surface area contributed by atoms with Crippen molar-refractivity contribution >= 4 is 29.4 Å². The number of fused-ring (bicyclic) bond motifs is 1. The molecule has 0 radical (unpaired) electrons. The molecule has 2 aliphatic rings. The zero-order chi connectivity index (χ0) is 16.1. The van der Waals surface area contributed by atoms with Gasteiger partial charge in [-0.05, 0) is 31.5 Å². The minimum atomic E-state index is 0.240.